The maximum absolute atomic E-state index is 12.7. The van der Waals surface area contributed by atoms with Gasteiger partial charge in [0.25, 0.3) is 0 Å². The van der Waals surface area contributed by atoms with Gasteiger partial charge in [-0.2, -0.15) is 4.31 Å². The lowest BCUT2D eigenvalue weighted by atomic mass is 10.2. The summed E-state index contributed by atoms with van der Waals surface area (Å²) in [6, 6.07) is 4.92. The molecule has 2 aromatic rings. The standard InChI is InChI=1S/C18H26N6O3S/c1-21-10-12-22(13-11-21)18(25)6-9-24-17-5-4-15(14-16(17)19-20-24)28(26,27)23-7-2-3-8-23/h4-5,14H,2-3,6-13H2,1H3. The average molecular weight is 407 g/mol. The van der Waals surface area contributed by atoms with Gasteiger partial charge in [0.15, 0.2) is 0 Å². The van der Waals surface area contributed by atoms with Crippen LogP contribution in [0.3, 0.4) is 0 Å². The van der Waals surface area contributed by atoms with Crippen molar-refractivity contribution in [1.29, 1.82) is 0 Å². The first-order valence-corrected chi connectivity index (χ1v) is 11.2. The van der Waals surface area contributed by atoms with E-state index in [0.717, 1.165) is 44.5 Å². The molecular formula is C18H26N6O3S. The number of likely N-dealkylation sites (N-methyl/N-ethyl adjacent to an activating group) is 1. The van der Waals surface area contributed by atoms with Crippen LogP contribution in [0.4, 0.5) is 0 Å². The number of carbonyl (C=O) groups excluding carboxylic acids is 1. The number of benzene rings is 1. The number of rotatable bonds is 5. The van der Waals surface area contributed by atoms with Crippen LogP contribution in [0.15, 0.2) is 23.1 Å². The summed E-state index contributed by atoms with van der Waals surface area (Å²) < 4.78 is 28.6. The van der Waals surface area contributed by atoms with Crippen molar-refractivity contribution in [2.45, 2.75) is 30.7 Å². The van der Waals surface area contributed by atoms with Crippen molar-refractivity contribution in [3.63, 3.8) is 0 Å². The fourth-order valence-corrected chi connectivity index (χ4v) is 5.31. The largest absolute Gasteiger partial charge is 0.340 e. The number of amides is 1. The van der Waals surface area contributed by atoms with Crippen LogP contribution in [0, 0.1) is 0 Å². The second kappa shape index (κ2) is 7.76. The van der Waals surface area contributed by atoms with E-state index in [1.54, 1.807) is 22.9 Å². The second-order valence-electron chi connectivity index (χ2n) is 7.51. The minimum Gasteiger partial charge on any atom is -0.340 e. The summed E-state index contributed by atoms with van der Waals surface area (Å²) in [5.41, 5.74) is 1.28. The number of carbonyl (C=O) groups is 1. The lowest BCUT2D eigenvalue weighted by molar-refractivity contribution is -0.133. The topological polar surface area (TPSA) is 91.6 Å². The molecule has 3 heterocycles. The van der Waals surface area contributed by atoms with E-state index in [4.69, 9.17) is 0 Å². The number of fused-ring (bicyclic) bond motifs is 1. The van der Waals surface area contributed by atoms with E-state index < -0.39 is 10.0 Å². The van der Waals surface area contributed by atoms with Crippen LogP contribution in [-0.4, -0.2) is 89.7 Å². The van der Waals surface area contributed by atoms with Crippen molar-refractivity contribution in [1.82, 2.24) is 29.1 Å². The molecule has 0 unspecified atom stereocenters. The third-order valence-corrected chi connectivity index (χ3v) is 7.48. The minimum atomic E-state index is -3.47. The van der Waals surface area contributed by atoms with Gasteiger partial charge in [-0.15, -0.1) is 5.10 Å². The second-order valence-corrected chi connectivity index (χ2v) is 9.45. The average Bonchev–Trinajstić information content (AvgIpc) is 3.36. The molecule has 0 atom stereocenters. The summed E-state index contributed by atoms with van der Waals surface area (Å²) in [6.45, 7) is 4.87. The summed E-state index contributed by atoms with van der Waals surface area (Å²) in [5, 5.41) is 8.24. The predicted octanol–water partition coefficient (Wildman–Crippen LogP) is 0.380. The van der Waals surface area contributed by atoms with E-state index in [1.807, 2.05) is 4.90 Å². The molecule has 1 aromatic heterocycles. The van der Waals surface area contributed by atoms with Gasteiger partial charge in [-0.1, -0.05) is 5.21 Å². The number of aromatic nitrogens is 3. The molecule has 2 saturated heterocycles. The van der Waals surface area contributed by atoms with Crippen molar-refractivity contribution in [3.05, 3.63) is 18.2 Å². The Hall–Kier alpha value is -2.04. The van der Waals surface area contributed by atoms with Crippen LogP contribution < -0.4 is 0 Å². The highest BCUT2D eigenvalue weighted by atomic mass is 32.2. The van der Waals surface area contributed by atoms with Gasteiger partial charge in [0.05, 0.1) is 17.0 Å². The van der Waals surface area contributed by atoms with Crippen LogP contribution in [-0.2, 0) is 21.4 Å². The first kappa shape index (κ1) is 19.3. The third kappa shape index (κ3) is 3.76. The van der Waals surface area contributed by atoms with Gasteiger partial charge < -0.3 is 9.80 Å². The Morgan fingerprint density at radius 3 is 2.50 bits per heavy atom. The molecule has 1 amide bonds. The summed E-state index contributed by atoms with van der Waals surface area (Å²) in [5.74, 6) is 0.116. The zero-order chi connectivity index (χ0) is 19.7. The molecule has 0 spiro atoms. The summed E-state index contributed by atoms with van der Waals surface area (Å²) in [7, 11) is -1.42. The number of hydrogen-bond donors (Lipinski definition) is 0. The fourth-order valence-electron chi connectivity index (χ4n) is 3.77. The maximum Gasteiger partial charge on any atom is 0.243 e. The monoisotopic (exact) mass is 406 g/mol. The number of nitrogens with zero attached hydrogens (tertiary/aromatic N) is 6. The lowest BCUT2D eigenvalue weighted by Crippen LogP contribution is -2.47. The molecule has 10 heteroatoms. The molecular weight excluding hydrogens is 380 g/mol. The molecule has 9 nitrogen and oxygen atoms in total. The van der Waals surface area contributed by atoms with E-state index in [-0.39, 0.29) is 10.8 Å². The molecule has 1 aromatic carbocycles. The highest BCUT2D eigenvalue weighted by molar-refractivity contribution is 7.89. The SMILES string of the molecule is CN1CCN(C(=O)CCn2nnc3cc(S(=O)(=O)N4CCCC4)ccc32)CC1. The van der Waals surface area contributed by atoms with Crippen LogP contribution >= 0.6 is 0 Å². The summed E-state index contributed by atoms with van der Waals surface area (Å²) in [4.78, 5) is 16.8. The Bertz CT molecular complexity index is 959. The van der Waals surface area contributed by atoms with Gasteiger partial charge in [-0.3, -0.25) is 4.79 Å². The van der Waals surface area contributed by atoms with Gasteiger partial charge in [-0.25, -0.2) is 13.1 Å². The molecule has 28 heavy (non-hydrogen) atoms. The van der Waals surface area contributed by atoms with Crippen LogP contribution in [0.5, 0.6) is 0 Å². The Balaban J connectivity index is 1.45. The summed E-state index contributed by atoms with van der Waals surface area (Å²) >= 11 is 0. The van der Waals surface area contributed by atoms with E-state index in [9.17, 15) is 13.2 Å². The highest BCUT2D eigenvalue weighted by Gasteiger charge is 2.27. The van der Waals surface area contributed by atoms with E-state index in [1.165, 1.54) is 4.31 Å². The number of aryl methyl sites for hydroxylation is 1. The molecule has 2 aliphatic rings. The molecule has 0 bridgehead atoms. The molecule has 0 saturated carbocycles. The number of hydrogen-bond acceptors (Lipinski definition) is 6. The highest BCUT2D eigenvalue weighted by Crippen LogP contribution is 2.23. The van der Waals surface area contributed by atoms with Crippen LogP contribution in [0.2, 0.25) is 0 Å². The van der Waals surface area contributed by atoms with Crippen molar-refractivity contribution < 1.29 is 13.2 Å². The first-order chi connectivity index (χ1) is 13.4. The van der Waals surface area contributed by atoms with Crippen molar-refractivity contribution in [3.8, 4) is 0 Å². The molecule has 0 radical (unpaired) electrons. The zero-order valence-corrected chi connectivity index (χ0v) is 16.9. The number of sulfonamides is 1. The fraction of sp³-hybridized carbons (Fsp3) is 0.611. The maximum atomic E-state index is 12.7. The van der Waals surface area contributed by atoms with Crippen LogP contribution in [0.1, 0.15) is 19.3 Å². The van der Waals surface area contributed by atoms with Gasteiger partial charge in [0.1, 0.15) is 5.52 Å². The Kier molecular flexibility index (Phi) is 5.35. The third-order valence-electron chi connectivity index (χ3n) is 5.58. The van der Waals surface area contributed by atoms with Crippen LogP contribution in [0.25, 0.3) is 11.0 Å². The van der Waals surface area contributed by atoms with Gasteiger partial charge in [-0.05, 0) is 38.1 Å². The van der Waals surface area contributed by atoms with E-state index >= 15 is 0 Å². The van der Waals surface area contributed by atoms with Gasteiger partial charge in [0, 0.05) is 45.7 Å². The lowest BCUT2D eigenvalue weighted by Gasteiger charge is -2.32. The molecule has 2 fully saturated rings. The van der Waals surface area contributed by atoms with Crippen molar-refractivity contribution >= 4 is 27.0 Å². The zero-order valence-electron chi connectivity index (χ0n) is 16.1. The van der Waals surface area contributed by atoms with Gasteiger partial charge >= 0.3 is 0 Å². The molecule has 4 rings (SSSR count). The number of piperazine rings is 1. The summed E-state index contributed by atoms with van der Waals surface area (Å²) in [6.07, 6.45) is 2.16. The first-order valence-electron chi connectivity index (χ1n) is 9.75. The Morgan fingerprint density at radius 2 is 1.79 bits per heavy atom. The molecule has 0 N–H and O–H groups in total. The van der Waals surface area contributed by atoms with Crippen molar-refractivity contribution in [2.24, 2.45) is 0 Å². The molecule has 0 aliphatic carbocycles. The molecule has 2 aliphatic heterocycles. The molecule has 152 valence electrons. The Labute approximate surface area is 164 Å². The normalized spacial score (nSPS) is 19.5. The smallest absolute Gasteiger partial charge is 0.243 e. The van der Waals surface area contributed by atoms with E-state index in [2.05, 4.69) is 22.3 Å². The van der Waals surface area contributed by atoms with E-state index in [0.29, 0.717) is 31.6 Å². The predicted molar refractivity (Wildman–Crippen MR) is 104 cm³/mol. The minimum absolute atomic E-state index is 0.116. The van der Waals surface area contributed by atoms with Crippen molar-refractivity contribution in [2.75, 3.05) is 46.3 Å². The quantitative estimate of drug-likeness (QED) is 0.713. The Morgan fingerprint density at radius 1 is 1.07 bits per heavy atom. The van der Waals surface area contributed by atoms with Gasteiger partial charge in [0.2, 0.25) is 15.9 Å².